The van der Waals surface area contributed by atoms with Crippen molar-refractivity contribution in [3.63, 3.8) is 0 Å². The first-order valence-electron chi connectivity index (χ1n) is 6.23. The number of amidine groups is 2. The fourth-order valence-electron chi connectivity index (χ4n) is 1.60. The molecule has 1 aromatic heterocycles. The van der Waals surface area contributed by atoms with Crippen molar-refractivity contribution in [2.75, 3.05) is 13.1 Å². The summed E-state index contributed by atoms with van der Waals surface area (Å²) in [7, 11) is 0. The van der Waals surface area contributed by atoms with Gasteiger partial charge in [0.2, 0.25) is 0 Å². The highest BCUT2D eigenvalue weighted by Crippen LogP contribution is 2.18. The molecule has 18 heavy (non-hydrogen) atoms. The molecule has 0 aliphatic heterocycles. The molecule has 100 valence electrons. The van der Waals surface area contributed by atoms with Gasteiger partial charge in [-0.05, 0) is 45.2 Å². The molecule has 1 rings (SSSR count). The van der Waals surface area contributed by atoms with Crippen molar-refractivity contribution >= 4 is 23.0 Å². The van der Waals surface area contributed by atoms with Crippen molar-refractivity contribution in [1.82, 2.24) is 10.6 Å². The van der Waals surface area contributed by atoms with Crippen LogP contribution in [-0.2, 0) is 12.8 Å². The maximum Gasteiger partial charge on any atom is 0.0899 e. The lowest BCUT2D eigenvalue weighted by molar-refractivity contribution is 0.776. The van der Waals surface area contributed by atoms with E-state index in [0.717, 1.165) is 32.4 Å². The molecule has 0 amide bonds. The maximum absolute atomic E-state index is 7.28. The second-order valence-electron chi connectivity index (χ2n) is 4.33. The highest BCUT2D eigenvalue weighted by atomic mass is 32.1. The van der Waals surface area contributed by atoms with Gasteiger partial charge in [-0.15, -0.1) is 11.3 Å². The highest BCUT2D eigenvalue weighted by Gasteiger charge is 2.00. The van der Waals surface area contributed by atoms with Crippen molar-refractivity contribution in [1.29, 1.82) is 10.8 Å². The third-order valence-electron chi connectivity index (χ3n) is 2.47. The zero-order valence-electron chi connectivity index (χ0n) is 11.1. The van der Waals surface area contributed by atoms with Gasteiger partial charge in [0.1, 0.15) is 0 Å². The van der Waals surface area contributed by atoms with Gasteiger partial charge < -0.3 is 10.6 Å². The van der Waals surface area contributed by atoms with Gasteiger partial charge in [-0.25, -0.2) is 0 Å². The second-order valence-corrected chi connectivity index (χ2v) is 5.58. The smallest absolute Gasteiger partial charge is 0.0899 e. The second kappa shape index (κ2) is 7.87. The van der Waals surface area contributed by atoms with Crippen LogP contribution in [0, 0.1) is 10.8 Å². The van der Waals surface area contributed by atoms with Crippen LogP contribution >= 0.6 is 11.3 Å². The first-order chi connectivity index (χ1) is 8.58. The largest absolute Gasteiger partial charge is 0.374 e. The SMILES string of the molecule is CC(=N)NCCCc1ccc(CCNC(C)=N)s1. The summed E-state index contributed by atoms with van der Waals surface area (Å²) in [5.74, 6) is 1.06. The lowest BCUT2D eigenvalue weighted by Gasteiger charge is -2.02. The van der Waals surface area contributed by atoms with Crippen molar-refractivity contribution in [3.8, 4) is 0 Å². The Morgan fingerprint density at radius 2 is 1.56 bits per heavy atom. The Hall–Kier alpha value is -1.36. The monoisotopic (exact) mass is 266 g/mol. The molecule has 0 aliphatic rings. The molecule has 4 N–H and O–H groups in total. The summed E-state index contributed by atoms with van der Waals surface area (Å²) in [6.45, 7) is 5.24. The van der Waals surface area contributed by atoms with Gasteiger partial charge in [-0.1, -0.05) is 0 Å². The van der Waals surface area contributed by atoms with E-state index in [2.05, 4.69) is 22.8 Å². The molecule has 4 nitrogen and oxygen atoms in total. The van der Waals surface area contributed by atoms with E-state index < -0.39 is 0 Å². The van der Waals surface area contributed by atoms with Gasteiger partial charge in [-0.2, -0.15) is 0 Å². The predicted molar refractivity (Wildman–Crippen MR) is 79.2 cm³/mol. The van der Waals surface area contributed by atoms with Crippen LogP contribution in [0.4, 0.5) is 0 Å². The van der Waals surface area contributed by atoms with Crippen molar-refractivity contribution in [3.05, 3.63) is 21.9 Å². The van der Waals surface area contributed by atoms with Gasteiger partial charge >= 0.3 is 0 Å². The Balaban J connectivity index is 2.21. The molecule has 0 atom stereocenters. The average Bonchev–Trinajstić information content (AvgIpc) is 2.72. The first kappa shape index (κ1) is 14.7. The Labute approximate surface area is 113 Å². The lowest BCUT2D eigenvalue weighted by Crippen LogP contribution is -2.21. The summed E-state index contributed by atoms with van der Waals surface area (Å²) >= 11 is 1.85. The number of nitrogens with one attached hydrogen (secondary N) is 4. The quantitative estimate of drug-likeness (QED) is 0.348. The fourth-order valence-corrected chi connectivity index (χ4v) is 2.66. The maximum atomic E-state index is 7.28. The van der Waals surface area contributed by atoms with E-state index in [1.807, 2.05) is 11.3 Å². The normalized spacial score (nSPS) is 10.1. The van der Waals surface area contributed by atoms with Crippen LogP contribution in [0.3, 0.4) is 0 Å². The number of thiophene rings is 1. The fraction of sp³-hybridized carbons (Fsp3) is 0.538. The molecule has 0 spiro atoms. The van der Waals surface area contributed by atoms with E-state index in [1.165, 1.54) is 9.75 Å². The summed E-state index contributed by atoms with van der Waals surface area (Å²) < 4.78 is 0. The van der Waals surface area contributed by atoms with Crippen LogP contribution in [0.1, 0.15) is 30.0 Å². The number of hydrogen-bond donors (Lipinski definition) is 4. The van der Waals surface area contributed by atoms with E-state index in [9.17, 15) is 0 Å². The molecule has 1 aromatic rings. The Bertz CT molecular complexity index is 397. The molecule has 0 radical (unpaired) electrons. The van der Waals surface area contributed by atoms with Gasteiger partial charge in [0, 0.05) is 22.8 Å². The molecule has 5 heteroatoms. The van der Waals surface area contributed by atoms with Crippen LogP contribution in [0.25, 0.3) is 0 Å². The van der Waals surface area contributed by atoms with E-state index in [1.54, 1.807) is 13.8 Å². The summed E-state index contributed by atoms with van der Waals surface area (Å²) in [6, 6.07) is 4.37. The van der Waals surface area contributed by atoms with Crippen LogP contribution in [-0.4, -0.2) is 24.8 Å². The standard InChI is InChI=1S/C13H22N4S/c1-10(14)16-8-3-4-12-5-6-13(18-12)7-9-17-11(2)15/h5-6H,3-4,7-9H2,1-2H3,(H2,14,16)(H2,15,17). The molecule has 0 aliphatic carbocycles. The summed E-state index contributed by atoms with van der Waals surface area (Å²) in [5, 5.41) is 20.6. The molecule has 1 heterocycles. The molecule has 0 unspecified atom stereocenters. The zero-order valence-corrected chi connectivity index (χ0v) is 11.9. The van der Waals surface area contributed by atoms with Crippen LogP contribution in [0.2, 0.25) is 0 Å². The zero-order chi connectivity index (χ0) is 13.4. The first-order valence-corrected chi connectivity index (χ1v) is 7.05. The van der Waals surface area contributed by atoms with E-state index >= 15 is 0 Å². The van der Waals surface area contributed by atoms with Gasteiger partial charge in [0.25, 0.3) is 0 Å². The molecular weight excluding hydrogens is 244 g/mol. The Morgan fingerprint density at radius 3 is 2.17 bits per heavy atom. The summed E-state index contributed by atoms with van der Waals surface area (Å²) in [5.41, 5.74) is 0. The third kappa shape index (κ3) is 6.39. The van der Waals surface area contributed by atoms with E-state index in [4.69, 9.17) is 10.8 Å². The van der Waals surface area contributed by atoms with Crippen molar-refractivity contribution < 1.29 is 0 Å². The van der Waals surface area contributed by atoms with Gasteiger partial charge in [0.05, 0.1) is 11.7 Å². The topological polar surface area (TPSA) is 71.8 Å². The lowest BCUT2D eigenvalue weighted by atomic mass is 10.2. The van der Waals surface area contributed by atoms with E-state index in [0.29, 0.717) is 11.7 Å². The van der Waals surface area contributed by atoms with Gasteiger partial charge in [-0.3, -0.25) is 10.8 Å². The molecular formula is C13H22N4S. The van der Waals surface area contributed by atoms with Crippen LogP contribution in [0.5, 0.6) is 0 Å². The minimum absolute atomic E-state index is 0.528. The number of hydrogen-bond acceptors (Lipinski definition) is 3. The molecule has 0 saturated heterocycles. The van der Waals surface area contributed by atoms with Crippen molar-refractivity contribution in [2.24, 2.45) is 0 Å². The Kier molecular flexibility index (Phi) is 6.43. The molecule has 0 bridgehead atoms. The van der Waals surface area contributed by atoms with Crippen molar-refractivity contribution in [2.45, 2.75) is 33.1 Å². The predicted octanol–water partition coefficient (Wildman–Crippen LogP) is 2.40. The van der Waals surface area contributed by atoms with Crippen LogP contribution in [0.15, 0.2) is 12.1 Å². The van der Waals surface area contributed by atoms with E-state index in [-0.39, 0.29) is 0 Å². The average molecular weight is 266 g/mol. The number of rotatable bonds is 7. The van der Waals surface area contributed by atoms with Gasteiger partial charge in [0.15, 0.2) is 0 Å². The number of aryl methyl sites for hydroxylation is 1. The Morgan fingerprint density at radius 1 is 1.00 bits per heavy atom. The highest BCUT2D eigenvalue weighted by molar-refractivity contribution is 7.11. The van der Waals surface area contributed by atoms with Crippen LogP contribution < -0.4 is 10.6 Å². The molecule has 0 saturated carbocycles. The minimum Gasteiger partial charge on any atom is -0.374 e. The third-order valence-corrected chi connectivity index (χ3v) is 3.67. The summed E-state index contributed by atoms with van der Waals surface area (Å²) in [6.07, 6.45) is 3.12. The molecule has 0 aromatic carbocycles. The molecule has 0 fully saturated rings. The minimum atomic E-state index is 0.528. The summed E-state index contributed by atoms with van der Waals surface area (Å²) in [4.78, 5) is 2.77.